The third-order valence-electron chi connectivity index (χ3n) is 4.61. The Labute approximate surface area is 129 Å². The number of nitrogens with zero attached hydrogens (tertiary/aromatic N) is 1. The van der Waals surface area contributed by atoms with Gasteiger partial charge in [0.25, 0.3) is 0 Å². The first kappa shape index (κ1) is 16.5. The lowest BCUT2D eigenvalue weighted by atomic mass is 9.99. The van der Waals surface area contributed by atoms with Gasteiger partial charge in [0, 0.05) is 18.6 Å². The van der Waals surface area contributed by atoms with E-state index in [2.05, 4.69) is 36.9 Å². The third-order valence-corrected chi connectivity index (χ3v) is 4.61. The van der Waals surface area contributed by atoms with Crippen LogP contribution in [0.2, 0.25) is 0 Å². The Kier molecular flexibility index (Phi) is 6.22. The molecular weight excluding hydrogens is 260 g/mol. The van der Waals surface area contributed by atoms with Crippen molar-refractivity contribution in [1.29, 1.82) is 0 Å². The van der Waals surface area contributed by atoms with Crippen molar-refractivity contribution < 1.29 is 5.11 Å². The number of aliphatic hydroxyl groups excluding tert-OH is 1. The maximum atomic E-state index is 9.57. The van der Waals surface area contributed by atoms with Gasteiger partial charge in [-0.3, -0.25) is 4.90 Å². The molecule has 0 bridgehead atoms. The molecule has 1 aromatic carbocycles. The monoisotopic (exact) mass is 290 g/mol. The molecule has 0 saturated carbocycles. The minimum Gasteiger partial charge on any atom is -0.395 e. The number of hydrogen-bond donors (Lipinski definition) is 2. The van der Waals surface area contributed by atoms with Gasteiger partial charge < -0.3 is 10.8 Å². The van der Waals surface area contributed by atoms with Gasteiger partial charge in [-0.05, 0) is 45.2 Å². The molecule has 1 heterocycles. The van der Waals surface area contributed by atoms with E-state index < -0.39 is 0 Å². The van der Waals surface area contributed by atoms with Crippen LogP contribution in [0.5, 0.6) is 0 Å². The number of nitrogens with two attached hydrogens (primary N) is 1. The molecule has 3 N–H and O–H groups in total. The van der Waals surface area contributed by atoms with Crippen LogP contribution in [0, 0.1) is 13.8 Å². The Morgan fingerprint density at radius 1 is 1.19 bits per heavy atom. The number of likely N-dealkylation sites (tertiary alicyclic amines) is 1. The molecule has 1 aliphatic rings. The Morgan fingerprint density at radius 3 is 2.57 bits per heavy atom. The quantitative estimate of drug-likeness (QED) is 0.876. The standard InChI is InChI=1S/C18H30N2O/c1-14-10-15(2)12-16(11-14)18(19)7-9-20-8-5-3-4-6-17(20)13-21/h10-12,17-18,21H,3-9,13,19H2,1-2H3. The summed E-state index contributed by atoms with van der Waals surface area (Å²) in [6.07, 6.45) is 5.85. The van der Waals surface area contributed by atoms with Crippen LogP contribution >= 0.6 is 0 Å². The molecule has 0 spiro atoms. The molecule has 0 aromatic heterocycles. The van der Waals surface area contributed by atoms with E-state index in [0.717, 1.165) is 25.9 Å². The Balaban J connectivity index is 1.94. The van der Waals surface area contributed by atoms with Crippen molar-refractivity contribution in [2.75, 3.05) is 19.7 Å². The van der Waals surface area contributed by atoms with E-state index in [1.807, 2.05) is 0 Å². The summed E-state index contributed by atoms with van der Waals surface area (Å²) in [5, 5.41) is 9.57. The van der Waals surface area contributed by atoms with Gasteiger partial charge in [0.2, 0.25) is 0 Å². The maximum Gasteiger partial charge on any atom is 0.0586 e. The minimum atomic E-state index is 0.0891. The number of hydrogen-bond acceptors (Lipinski definition) is 3. The van der Waals surface area contributed by atoms with E-state index in [-0.39, 0.29) is 12.6 Å². The number of rotatable bonds is 5. The highest BCUT2D eigenvalue weighted by atomic mass is 16.3. The summed E-state index contributed by atoms with van der Waals surface area (Å²) >= 11 is 0. The summed E-state index contributed by atoms with van der Waals surface area (Å²) in [4.78, 5) is 2.44. The summed E-state index contributed by atoms with van der Waals surface area (Å²) in [6.45, 7) is 6.61. The predicted octanol–water partition coefficient (Wildman–Crippen LogP) is 2.93. The van der Waals surface area contributed by atoms with Crippen LogP contribution in [-0.4, -0.2) is 35.7 Å². The average molecular weight is 290 g/mol. The number of aliphatic hydroxyl groups is 1. The summed E-state index contributed by atoms with van der Waals surface area (Å²) in [5.41, 5.74) is 10.2. The smallest absolute Gasteiger partial charge is 0.0586 e. The van der Waals surface area contributed by atoms with Crippen molar-refractivity contribution in [3.63, 3.8) is 0 Å². The van der Waals surface area contributed by atoms with Crippen LogP contribution in [0.15, 0.2) is 18.2 Å². The van der Waals surface area contributed by atoms with Gasteiger partial charge >= 0.3 is 0 Å². The van der Waals surface area contributed by atoms with Gasteiger partial charge in [-0.1, -0.05) is 42.2 Å². The van der Waals surface area contributed by atoms with Crippen molar-refractivity contribution in [3.8, 4) is 0 Å². The first-order valence-corrected chi connectivity index (χ1v) is 8.29. The van der Waals surface area contributed by atoms with Crippen LogP contribution in [0.1, 0.15) is 54.8 Å². The molecule has 1 fully saturated rings. The summed E-state index contributed by atoms with van der Waals surface area (Å²) in [5.74, 6) is 0. The molecule has 3 nitrogen and oxygen atoms in total. The van der Waals surface area contributed by atoms with E-state index in [1.165, 1.54) is 36.0 Å². The Hall–Kier alpha value is -0.900. The molecule has 118 valence electrons. The predicted molar refractivity (Wildman–Crippen MR) is 88.4 cm³/mol. The van der Waals surface area contributed by atoms with Crippen molar-refractivity contribution >= 4 is 0 Å². The van der Waals surface area contributed by atoms with E-state index in [9.17, 15) is 5.11 Å². The largest absolute Gasteiger partial charge is 0.395 e. The van der Waals surface area contributed by atoms with Gasteiger partial charge in [-0.2, -0.15) is 0 Å². The second-order valence-electron chi connectivity index (χ2n) is 6.54. The molecule has 2 atom stereocenters. The Morgan fingerprint density at radius 2 is 1.90 bits per heavy atom. The molecule has 2 unspecified atom stereocenters. The first-order chi connectivity index (χ1) is 10.1. The van der Waals surface area contributed by atoms with Crippen molar-refractivity contribution in [3.05, 3.63) is 34.9 Å². The average Bonchev–Trinajstić information content (AvgIpc) is 2.68. The van der Waals surface area contributed by atoms with E-state index in [4.69, 9.17) is 5.73 Å². The topological polar surface area (TPSA) is 49.5 Å². The molecule has 1 aliphatic heterocycles. The number of benzene rings is 1. The molecule has 0 radical (unpaired) electrons. The third kappa shape index (κ3) is 4.80. The van der Waals surface area contributed by atoms with Crippen molar-refractivity contribution in [1.82, 2.24) is 4.90 Å². The fraction of sp³-hybridized carbons (Fsp3) is 0.667. The molecule has 21 heavy (non-hydrogen) atoms. The minimum absolute atomic E-state index is 0.0891. The molecule has 1 aromatic rings. The zero-order chi connectivity index (χ0) is 15.2. The van der Waals surface area contributed by atoms with Crippen molar-refractivity contribution in [2.24, 2.45) is 5.73 Å². The van der Waals surface area contributed by atoms with Crippen LogP contribution in [-0.2, 0) is 0 Å². The van der Waals surface area contributed by atoms with Gasteiger partial charge in [0.15, 0.2) is 0 Å². The Bertz CT molecular complexity index is 427. The lowest BCUT2D eigenvalue weighted by Crippen LogP contribution is -2.39. The molecule has 3 heteroatoms. The second-order valence-corrected chi connectivity index (χ2v) is 6.54. The van der Waals surface area contributed by atoms with Crippen LogP contribution in [0.4, 0.5) is 0 Å². The fourth-order valence-corrected chi connectivity index (χ4v) is 3.43. The normalized spacial score (nSPS) is 22.0. The SMILES string of the molecule is Cc1cc(C)cc(C(N)CCN2CCCCCC2CO)c1. The zero-order valence-electron chi connectivity index (χ0n) is 13.5. The highest BCUT2D eigenvalue weighted by molar-refractivity contribution is 5.30. The fourth-order valence-electron chi connectivity index (χ4n) is 3.43. The van der Waals surface area contributed by atoms with Crippen LogP contribution in [0.25, 0.3) is 0 Å². The van der Waals surface area contributed by atoms with Gasteiger partial charge in [0.1, 0.15) is 0 Å². The van der Waals surface area contributed by atoms with Gasteiger partial charge in [0.05, 0.1) is 6.61 Å². The van der Waals surface area contributed by atoms with E-state index in [1.54, 1.807) is 0 Å². The molecule has 0 amide bonds. The highest BCUT2D eigenvalue weighted by Gasteiger charge is 2.20. The summed E-state index contributed by atoms with van der Waals surface area (Å²) in [6, 6.07) is 7.00. The first-order valence-electron chi connectivity index (χ1n) is 8.29. The summed E-state index contributed by atoms with van der Waals surface area (Å²) in [7, 11) is 0. The van der Waals surface area contributed by atoms with E-state index >= 15 is 0 Å². The molecule has 1 saturated heterocycles. The molecular formula is C18H30N2O. The van der Waals surface area contributed by atoms with Crippen molar-refractivity contribution in [2.45, 2.75) is 58.0 Å². The maximum absolute atomic E-state index is 9.57. The van der Waals surface area contributed by atoms with Gasteiger partial charge in [-0.15, -0.1) is 0 Å². The van der Waals surface area contributed by atoms with Gasteiger partial charge in [-0.25, -0.2) is 0 Å². The van der Waals surface area contributed by atoms with Crippen LogP contribution < -0.4 is 5.73 Å². The molecule has 2 rings (SSSR count). The second kappa shape index (κ2) is 7.92. The van der Waals surface area contributed by atoms with Crippen LogP contribution in [0.3, 0.4) is 0 Å². The zero-order valence-corrected chi connectivity index (χ0v) is 13.5. The molecule has 0 aliphatic carbocycles. The lowest BCUT2D eigenvalue weighted by molar-refractivity contribution is 0.121. The lowest BCUT2D eigenvalue weighted by Gasteiger charge is -2.29. The number of aryl methyl sites for hydroxylation is 2. The highest BCUT2D eigenvalue weighted by Crippen LogP contribution is 2.21. The summed E-state index contributed by atoms with van der Waals surface area (Å²) < 4.78 is 0. The van der Waals surface area contributed by atoms with E-state index in [0.29, 0.717) is 6.04 Å².